The van der Waals surface area contributed by atoms with Crippen molar-refractivity contribution >= 4 is 21.0 Å². The summed E-state index contributed by atoms with van der Waals surface area (Å²) in [6.07, 6.45) is 2.93. The number of nitrogens with zero attached hydrogens (tertiary/aromatic N) is 2. The summed E-state index contributed by atoms with van der Waals surface area (Å²) in [5.41, 5.74) is 0.907. The van der Waals surface area contributed by atoms with Gasteiger partial charge in [0.1, 0.15) is 10.8 Å². The van der Waals surface area contributed by atoms with E-state index in [1.807, 2.05) is 0 Å². The Hall–Kier alpha value is -2.75. The van der Waals surface area contributed by atoms with E-state index in [9.17, 15) is 13.0 Å². The number of methoxy groups -OCH3 is 2. The van der Waals surface area contributed by atoms with Gasteiger partial charge in [-0.1, -0.05) is 0 Å². The van der Waals surface area contributed by atoms with E-state index in [0.29, 0.717) is 22.5 Å². The SMILES string of the molecule is COc1cnc([SH](C)(=O)c2nc3cc(OC(F)F)ccc3[nH]2)cc1OC. The van der Waals surface area contributed by atoms with Crippen LogP contribution in [0, 0.1) is 0 Å². The molecular weight excluding hydrogens is 368 g/mol. The van der Waals surface area contributed by atoms with E-state index in [-0.39, 0.29) is 15.9 Å². The average Bonchev–Trinajstić information content (AvgIpc) is 3.04. The van der Waals surface area contributed by atoms with Crippen molar-refractivity contribution in [2.75, 3.05) is 20.5 Å². The number of imidazole rings is 1. The van der Waals surface area contributed by atoms with E-state index in [2.05, 4.69) is 19.7 Å². The lowest BCUT2D eigenvalue weighted by Gasteiger charge is -2.17. The highest BCUT2D eigenvalue weighted by Gasteiger charge is 2.23. The minimum atomic E-state index is -3.19. The molecule has 3 aromatic rings. The van der Waals surface area contributed by atoms with E-state index in [0.717, 1.165) is 0 Å². The van der Waals surface area contributed by atoms with Crippen molar-refractivity contribution < 1.29 is 27.2 Å². The number of aromatic amines is 1. The van der Waals surface area contributed by atoms with Crippen LogP contribution in [0.25, 0.3) is 11.0 Å². The van der Waals surface area contributed by atoms with Crippen molar-refractivity contribution in [2.24, 2.45) is 0 Å². The molecule has 1 N–H and O–H groups in total. The third-order valence-corrected chi connectivity index (χ3v) is 5.90. The Morgan fingerprint density at radius 1 is 1.15 bits per heavy atom. The van der Waals surface area contributed by atoms with E-state index >= 15 is 0 Å². The minimum absolute atomic E-state index is 0.0271. The van der Waals surface area contributed by atoms with Crippen LogP contribution in [-0.4, -0.2) is 46.2 Å². The van der Waals surface area contributed by atoms with Gasteiger partial charge in [0, 0.05) is 18.4 Å². The molecule has 0 aliphatic heterocycles. The van der Waals surface area contributed by atoms with Gasteiger partial charge in [0.05, 0.1) is 31.4 Å². The lowest BCUT2D eigenvalue weighted by Crippen LogP contribution is -2.14. The predicted molar refractivity (Wildman–Crippen MR) is 92.1 cm³/mol. The molecule has 0 unspecified atom stereocenters. The number of alkyl halides is 2. The summed E-state index contributed by atoms with van der Waals surface area (Å²) in [7, 11) is -0.244. The molecule has 2 heterocycles. The number of H-pyrrole nitrogens is 1. The van der Waals surface area contributed by atoms with Gasteiger partial charge in [0.15, 0.2) is 16.7 Å². The van der Waals surface area contributed by atoms with Crippen molar-refractivity contribution in [3.8, 4) is 17.2 Å². The number of hydrogen-bond acceptors (Lipinski definition) is 6. The fourth-order valence-corrected chi connectivity index (χ4v) is 3.91. The third kappa shape index (κ3) is 3.32. The van der Waals surface area contributed by atoms with Gasteiger partial charge in [-0.15, -0.1) is 0 Å². The van der Waals surface area contributed by atoms with Crippen LogP contribution in [0.5, 0.6) is 17.2 Å². The Bertz CT molecular complexity index is 993. The zero-order valence-electron chi connectivity index (χ0n) is 14.2. The van der Waals surface area contributed by atoms with Gasteiger partial charge in [-0.25, -0.2) is 9.97 Å². The highest BCUT2D eigenvalue weighted by Crippen LogP contribution is 2.32. The Kier molecular flexibility index (Phi) is 4.77. The van der Waals surface area contributed by atoms with Crippen LogP contribution in [0.3, 0.4) is 0 Å². The van der Waals surface area contributed by atoms with Crippen LogP contribution in [0.15, 0.2) is 40.6 Å². The number of nitrogens with one attached hydrogen (secondary N) is 1. The molecule has 140 valence electrons. The Labute approximate surface area is 148 Å². The standard InChI is InChI=1S/C16H17F2N3O4S/c1-23-12-7-14(19-8-13(12)24-2)26(3,22)16-20-10-5-4-9(25-15(17)18)6-11(10)21-16/h4-8,15,26H,1-3H3,(H,20,21). The Morgan fingerprint density at radius 3 is 2.54 bits per heavy atom. The number of rotatable bonds is 6. The first kappa shape index (κ1) is 18.1. The van der Waals surface area contributed by atoms with Crippen LogP contribution in [-0.2, 0) is 9.93 Å². The zero-order valence-corrected chi connectivity index (χ0v) is 15.1. The maximum absolute atomic E-state index is 13.3. The largest absolute Gasteiger partial charge is 0.493 e. The van der Waals surface area contributed by atoms with Crippen LogP contribution in [0.1, 0.15) is 0 Å². The Morgan fingerprint density at radius 2 is 1.88 bits per heavy atom. The number of halogens is 2. The summed E-state index contributed by atoms with van der Waals surface area (Å²) in [6.45, 7) is -2.93. The van der Waals surface area contributed by atoms with Crippen molar-refractivity contribution in [1.29, 1.82) is 0 Å². The maximum atomic E-state index is 13.3. The molecule has 0 aliphatic rings. The van der Waals surface area contributed by atoms with Crippen LogP contribution in [0.2, 0.25) is 0 Å². The summed E-state index contributed by atoms with van der Waals surface area (Å²) in [4.78, 5) is 11.4. The van der Waals surface area contributed by atoms with Crippen molar-refractivity contribution in [1.82, 2.24) is 15.0 Å². The fourth-order valence-electron chi connectivity index (χ4n) is 2.42. The fraction of sp³-hybridized carbons (Fsp3) is 0.250. The quantitative estimate of drug-likeness (QED) is 0.635. The van der Waals surface area contributed by atoms with Gasteiger partial charge < -0.3 is 19.2 Å². The summed E-state index contributed by atoms with van der Waals surface area (Å²) < 4.78 is 52.7. The molecular formula is C16H17F2N3O4S. The van der Waals surface area contributed by atoms with Gasteiger partial charge in [-0.05, 0) is 22.1 Å². The molecule has 0 saturated heterocycles. The number of pyridine rings is 1. The smallest absolute Gasteiger partial charge is 0.387 e. The lowest BCUT2D eigenvalue weighted by atomic mass is 10.3. The van der Waals surface area contributed by atoms with E-state index in [1.165, 1.54) is 50.9 Å². The zero-order chi connectivity index (χ0) is 18.9. The number of ether oxygens (including phenoxy) is 3. The molecule has 0 fully saturated rings. The van der Waals surface area contributed by atoms with Crippen molar-refractivity contribution in [3.63, 3.8) is 0 Å². The molecule has 0 atom stereocenters. The molecule has 26 heavy (non-hydrogen) atoms. The second kappa shape index (κ2) is 6.87. The van der Waals surface area contributed by atoms with Crippen LogP contribution < -0.4 is 14.2 Å². The van der Waals surface area contributed by atoms with Gasteiger partial charge in [0.2, 0.25) is 0 Å². The van der Waals surface area contributed by atoms with Crippen LogP contribution in [0.4, 0.5) is 8.78 Å². The topological polar surface area (TPSA) is 86.3 Å². The van der Waals surface area contributed by atoms with Crippen molar-refractivity contribution in [2.45, 2.75) is 16.8 Å². The first-order valence-electron chi connectivity index (χ1n) is 7.46. The van der Waals surface area contributed by atoms with Gasteiger partial charge in [-0.3, -0.25) is 4.21 Å². The molecule has 7 nitrogen and oxygen atoms in total. The molecule has 10 heteroatoms. The second-order valence-corrected chi connectivity index (χ2v) is 8.17. The van der Waals surface area contributed by atoms with Gasteiger partial charge >= 0.3 is 6.61 Å². The first-order chi connectivity index (χ1) is 12.3. The third-order valence-electron chi connectivity index (χ3n) is 3.77. The predicted octanol–water partition coefficient (Wildman–Crippen LogP) is 2.64. The highest BCUT2D eigenvalue weighted by molar-refractivity contribution is 8.02. The number of thiol groups is 1. The minimum Gasteiger partial charge on any atom is -0.493 e. The molecule has 3 rings (SSSR count). The highest BCUT2D eigenvalue weighted by atomic mass is 32.2. The molecule has 0 amide bonds. The molecule has 0 spiro atoms. The molecule has 0 radical (unpaired) electrons. The summed E-state index contributed by atoms with van der Waals surface area (Å²) in [6, 6.07) is 5.79. The van der Waals surface area contributed by atoms with E-state index in [4.69, 9.17) is 9.47 Å². The number of benzene rings is 1. The lowest BCUT2D eigenvalue weighted by molar-refractivity contribution is -0.0497. The normalized spacial score (nSPS) is 12.4. The number of fused-ring (bicyclic) bond motifs is 1. The number of hydrogen-bond donors (Lipinski definition) is 2. The molecule has 2 aromatic heterocycles. The van der Waals surface area contributed by atoms with Crippen molar-refractivity contribution in [3.05, 3.63) is 30.5 Å². The second-order valence-electron chi connectivity index (χ2n) is 5.44. The summed E-state index contributed by atoms with van der Waals surface area (Å²) in [5, 5.41) is 0.472. The monoisotopic (exact) mass is 385 g/mol. The molecule has 1 aromatic carbocycles. The average molecular weight is 385 g/mol. The van der Waals surface area contributed by atoms with E-state index < -0.39 is 16.5 Å². The molecule has 0 aliphatic carbocycles. The summed E-state index contributed by atoms with van der Waals surface area (Å²) >= 11 is 0. The Balaban J connectivity index is 2.02. The summed E-state index contributed by atoms with van der Waals surface area (Å²) in [5.74, 6) is 0.777. The molecule has 0 bridgehead atoms. The molecule has 0 saturated carbocycles. The van der Waals surface area contributed by atoms with Gasteiger partial charge in [0.25, 0.3) is 0 Å². The van der Waals surface area contributed by atoms with Gasteiger partial charge in [-0.2, -0.15) is 8.78 Å². The first-order valence-corrected chi connectivity index (χ1v) is 9.62. The maximum Gasteiger partial charge on any atom is 0.387 e. The number of aromatic nitrogens is 3. The van der Waals surface area contributed by atoms with E-state index in [1.54, 1.807) is 0 Å². The van der Waals surface area contributed by atoms with Crippen LogP contribution >= 0.6 is 0 Å².